The lowest BCUT2D eigenvalue weighted by Gasteiger charge is -2.31. The Morgan fingerprint density at radius 2 is 2.38 bits per heavy atom. The number of aryl methyl sites for hydroxylation is 1. The van der Waals surface area contributed by atoms with Crippen LogP contribution in [0, 0.1) is 6.92 Å². The van der Waals surface area contributed by atoms with E-state index in [0.717, 1.165) is 0 Å². The lowest BCUT2D eigenvalue weighted by atomic mass is 10.2. The minimum atomic E-state index is -0.579. The quantitative estimate of drug-likeness (QED) is 0.775. The Morgan fingerprint density at radius 3 is 3.05 bits per heavy atom. The molecule has 0 bridgehead atoms. The van der Waals surface area contributed by atoms with Crippen molar-refractivity contribution in [1.82, 2.24) is 10.1 Å². The Bertz CT molecular complexity index is 502. The van der Waals surface area contributed by atoms with Crippen molar-refractivity contribution in [2.75, 3.05) is 38.7 Å². The van der Waals surface area contributed by atoms with E-state index in [2.05, 4.69) is 15.2 Å². The maximum atomic E-state index is 11.8. The van der Waals surface area contributed by atoms with Crippen molar-refractivity contribution in [3.05, 3.63) is 11.8 Å². The van der Waals surface area contributed by atoms with Gasteiger partial charge >= 0.3 is 5.97 Å². The summed E-state index contributed by atoms with van der Waals surface area (Å²) in [6, 6.07) is 1.65. The van der Waals surface area contributed by atoms with Gasteiger partial charge in [0.15, 0.2) is 11.9 Å². The molecule has 1 unspecified atom stereocenters. The smallest absolute Gasteiger partial charge is 0.336 e. The molecule has 0 radical (unpaired) electrons. The fourth-order valence-electron chi connectivity index (χ4n) is 2.07. The fraction of sp³-hybridized carbons (Fsp3) is 0.615. The summed E-state index contributed by atoms with van der Waals surface area (Å²) in [5.74, 6) is 0.512. The highest BCUT2D eigenvalue weighted by Crippen LogP contribution is 2.09. The lowest BCUT2D eigenvalue weighted by Crippen LogP contribution is -2.47. The first kappa shape index (κ1) is 15.5. The van der Waals surface area contributed by atoms with Gasteiger partial charge in [-0.05, 0) is 6.92 Å². The summed E-state index contributed by atoms with van der Waals surface area (Å²) in [6.07, 6.45) is -0.273. The van der Waals surface area contributed by atoms with Gasteiger partial charge in [-0.2, -0.15) is 0 Å². The van der Waals surface area contributed by atoms with Gasteiger partial charge in [-0.3, -0.25) is 9.69 Å². The Kier molecular flexibility index (Phi) is 5.29. The van der Waals surface area contributed by atoms with Crippen molar-refractivity contribution in [2.45, 2.75) is 19.4 Å². The van der Waals surface area contributed by atoms with Crippen molar-refractivity contribution in [1.29, 1.82) is 0 Å². The molecule has 1 aliphatic rings. The molecule has 0 saturated carbocycles. The van der Waals surface area contributed by atoms with Crippen LogP contribution in [0.2, 0.25) is 0 Å². The van der Waals surface area contributed by atoms with E-state index in [0.29, 0.717) is 44.2 Å². The lowest BCUT2D eigenvalue weighted by molar-refractivity contribution is -0.159. The van der Waals surface area contributed by atoms with E-state index < -0.39 is 6.10 Å². The van der Waals surface area contributed by atoms with Gasteiger partial charge in [0.25, 0.3) is 0 Å². The fourth-order valence-corrected chi connectivity index (χ4v) is 2.07. The molecule has 8 heteroatoms. The van der Waals surface area contributed by atoms with Crippen molar-refractivity contribution in [2.24, 2.45) is 0 Å². The van der Waals surface area contributed by atoms with Gasteiger partial charge in [0, 0.05) is 32.1 Å². The van der Waals surface area contributed by atoms with Gasteiger partial charge in [0.05, 0.1) is 13.7 Å². The van der Waals surface area contributed by atoms with E-state index in [1.54, 1.807) is 13.0 Å². The monoisotopic (exact) mass is 297 g/mol. The number of methoxy groups -OCH3 is 1. The maximum Gasteiger partial charge on any atom is 0.336 e. The molecule has 1 saturated heterocycles. The summed E-state index contributed by atoms with van der Waals surface area (Å²) in [7, 11) is 1.33. The average Bonchev–Trinajstić information content (AvgIpc) is 2.89. The number of carbonyl (C=O) groups excluding carboxylic acids is 2. The number of aromatic nitrogens is 1. The number of hydrogen-bond acceptors (Lipinski definition) is 7. The number of carbonyl (C=O) groups is 2. The summed E-state index contributed by atoms with van der Waals surface area (Å²) in [5.41, 5.74) is 0. The first-order valence-corrected chi connectivity index (χ1v) is 6.73. The Balaban J connectivity index is 1.74. The Hall–Kier alpha value is -1.93. The number of morpholine rings is 1. The van der Waals surface area contributed by atoms with Crippen LogP contribution >= 0.6 is 0 Å². The van der Waals surface area contributed by atoms with Gasteiger partial charge in [-0.25, -0.2) is 4.79 Å². The first-order valence-electron chi connectivity index (χ1n) is 6.73. The van der Waals surface area contributed by atoms with E-state index in [4.69, 9.17) is 9.26 Å². The molecule has 0 aliphatic carbocycles. The average molecular weight is 297 g/mol. The molecule has 0 aromatic carbocycles. The number of anilines is 1. The van der Waals surface area contributed by atoms with Crippen molar-refractivity contribution < 1.29 is 23.6 Å². The molecule has 1 amide bonds. The minimum absolute atomic E-state index is 0.149. The van der Waals surface area contributed by atoms with Gasteiger partial charge < -0.3 is 19.3 Å². The molecule has 1 aromatic heterocycles. The second-order valence-electron chi connectivity index (χ2n) is 4.80. The number of rotatable bonds is 5. The highest BCUT2D eigenvalue weighted by Gasteiger charge is 2.27. The Labute approximate surface area is 122 Å². The number of ether oxygens (including phenoxy) is 2. The van der Waals surface area contributed by atoms with E-state index in [9.17, 15) is 9.59 Å². The zero-order valence-electron chi connectivity index (χ0n) is 12.1. The molecule has 116 valence electrons. The summed E-state index contributed by atoms with van der Waals surface area (Å²) in [4.78, 5) is 25.2. The van der Waals surface area contributed by atoms with Crippen LogP contribution in [0.3, 0.4) is 0 Å². The topological polar surface area (TPSA) is 93.9 Å². The van der Waals surface area contributed by atoms with E-state index >= 15 is 0 Å². The zero-order valence-corrected chi connectivity index (χ0v) is 12.1. The summed E-state index contributed by atoms with van der Waals surface area (Å²) in [6.45, 7) is 3.86. The molecule has 0 spiro atoms. The molecule has 8 nitrogen and oxygen atoms in total. The number of nitrogens with one attached hydrogen (secondary N) is 1. The molecule has 2 heterocycles. The van der Waals surface area contributed by atoms with E-state index in [1.165, 1.54) is 7.11 Å². The minimum Gasteiger partial charge on any atom is -0.467 e. The standard InChI is InChI=1S/C13H19N3O5/c1-9-7-11(15-21-9)14-12(17)3-4-16-5-6-20-10(8-16)13(18)19-2/h7,10H,3-6,8H2,1-2H3,(H,14,15,17). The molecule has 1 aliphatic heterocycles. The highest BCUT2D eigenvalue weighted by atomic mass is 16.6. The van der Waals surface area contributed by atoms with Crippen LogP contribution in [0.5, 0.6) is 0 Å². The predicted molar refractivity (Wildman–Crippen MR) is 72.7 cm³/mol. The number of amides is 1. The summed E-state index contributed by atoms with van der Waals surface area (Å²) in [5, 5.41) is 6.35. The van der Waals surface area contributed by atoms with E-state index in [1.807, 2.05) is 4.90 Å². The van der Waals surface area contributed by atoms with Gasteiger partial charge in [0.2, 0.25) is 5.91 Å². The summed E-state index contributed by atoms with van der Waals surface area (Å²) >= 11 is 0. The van der Waals surface area contributed by atoms with Crippen molar-refractivity contribution >= 4 is 17.7 Å². The maximum absolute atomic E-state index is 11.8. The number of esters is 1. The van der Waals surface area contributed by atoms with Crippen molar-refractivity contribution in [3.63, 3.8) is 0 Å². The normalized spacial score (nSPS) is 19.2. The first-order chi connectivity index (χ1) is 10.1. The van der Waals surface area contributed by atoms with Crippen LogP contribution in [-0.2, 0) is 19.1 Å². The Morgan fingerprint density at radius 1 is 1.57 bits per heavy atom. The third kappa shape index (κ3) is 4.54. The van der Waals surface area contributed by atoms with Crippen LogP contribution in [0.25, 0.3) is 0 Å². The van der Waals surface area contributed by atoms with Crippen molar-refractivity contribution in [3.8, 4) is 0 Å². The molecule has 21 heavy (non-hydrogen) atoms. The highest BCUT2D eigenvalue weighted by molar-refractivity contribution is 5.89. The van der Waals surface area contributed by atoms with Crippen LogP contribution in [0.4, 0.5) is 5.82 Å². The molecule has 2 rings (SSSR count). The van der Waals surface area contributed by atoms with E-state index in [-0.39, 0.29) is 11.9 Å². The van der Waals surface area contributed by atoms with Gasteiger partial charge in [-0.1, -0.05) is 5.16 Å². The van der Waals surface area contributed by atoms with Crippen LogP contribution in [0.1, 0.15) is 12.2 Å². The van der Waals surface area contributed by atoms with Crippen LogP contribution in [-0.4, -0.2) is 61.4 Å². The van der Waals surface area contributed by atoms with Gasteiger partial charge in [0.1, 0.15) is 5.76 Å². The molecule has 1 atom stereocenters. The number of nitrogens with zero attached hydrogens (tertiary/aromatic N) is 2. The van der Waals surface area contributed by atoms with Crippen LogP contribution in [0.15, 0.2) is 10.6 Å². The largest absolute Gasteiger partial charge is 0.467 e. The molecule has 1 aromatic rings. The molecular formula is C13H19N3O5. The molecule has 1 fully saturated rings. The third-order valence-corrected chi connectivity index (χ3v) is 3.17. The number of hydrogen-bond donors (Lipinski definition) is 1. The molecular weight excluding hydrogens is 278 g/mol. The predicted octanol–water partition coefficient (Wildman–Crippen LogP) is 0.185. The SMILES string of the molecule is COC(=O)C1CN(CCC(=O)Nc2cc(C)on2)CCO1. The summed E-state index contributed by atoms with van der Waals surface area (Å²) < 4.78 is 14.9. The van der Waals surface area contributed by atoms with Gasteiger partial charge in [-0.15, -0.1) is 0 Å². The third-order valence-electron chi connectivity index (χ3n) is 3.17. The second kappa shape index (κ2) is 7.19. The van der Waals surface area contributed by atoms with Crippen LogP contribution < -0.4 is 5.32 Å². The zero-order chi connectivity index (χ0) is 15.2. The second-order valence-corrected chi connectivity index (χ2v) is 4.80. The molecule has 1 N–H and O–H groups in total.